The maximum absolute atomic E-state index is 11.6. The lowest BCUT2D eigenvalue weighted by Gasteiger charge is -2.36. The van der Waals surface area contributed by atoms with Gasteiger partial charge in [0, 0.05) is 26.9 Å². The molecular formula is C13H26O4Si. The second-order valence-electron chi connectivity index (χ2n) is 6.82. The molecule has 1 saturated heterocycles. The monoisotopic (exact) mass is 274 g/mol. The minimum atomic E-state index is -1.74. The van der Waals surface area contributed by atoms with E-state index in [0.717, 1.165) is 0 Å². The van der Waals surface area contributed by atoms with Crippen LogP contribution in [0.5, 0.6) is 0 Å². The molecule has 1 fully saturated rings. The van der Waals surface area contributed by atoms with Crippen LogP contribution in [0.2, 0.25) is 18.1 Å². The van der Waals surface area contributed by atoms with Crippen molar-refractivity contribution in [3.05, 3.63) is 0 Å². The van der Waals surface area contributed by atoms with Crippen molar-refractivity contribution in [3.63, 3.8) is 0 Å². The summed E-state index contributed by atoms with van der Waals surface area (Å²) >= 11 is 0. The number of esters is 1. The maximum atomic E-state index is 11.6. The second kappa shape index (κ2) is 4.94. The normalized spacial score (nSPS) is 24.2. The highest BCUT2D eigenvalue weighted by molar-refractivity contribution is 6.74. The first kappa shape index (κ1) is 15.7. The van der Waals surface area contributed by atoms with Crippen molar-refractivity contribution in [2.24, 2.45) is 0 Å². The summed E-state index contributed by atoms with van der Waals surface area (Å²) in [7, 11) is -1.74. The highest BCUT2D eigenvalue weighted by Gasteiger charge is 2.42. The Kier molecular flexibility index (Phi) is 4.30. The third kappa shape index (κ3) is 3.80. The van der Waals surface area contributed by atoms with Gasteiger partial charge in [0.1, 0.15) is 0 Å². The molecule has 0 amide bonds. The van der Waals surface area contributed by atoms with Crippen molar-refractivity contribution >= 4 is 14.3 Å². The number of ether oxygens (including phenoxy) is 2. The highest BCUT2D eigenvalue weighted by Crippen LogP contribution is 2.36. The molecule has 4 nitrogen and oxygen atoms in total. The lowest BCUT2D eigenvalue weighted by molar-refractivity contribution is -0.160. The van der Waals surface area contributed by atoms with E-state index in [4.69, 9.17) is 13.9 Å². The van der Waals surface area contributed by atoms with E-state index < -0.39 is 20.2 Å². The van der Waals surface area contributed by atoms with Gasteiger partial charge in [-0.15, -0.1) is 0 Å². The van der Waals surface area contributed by atoms with Crippen LogP contribution < -0.4 is 0 Å². The van der Waals surface area contributed by atoms with Gasteiger partial charge in [-0.25, -0.2) is 4.79 Å². The van der Waals surface area contributed by atoms with E-state index in [1.165, 1.54) is 0 Å². The fourth-order valence-corrected chi connectivity index (χ4v) is 2.60. The van der Waals surface area contributed by atoms with Gasteiger partial charge >= 0.3 is 5.97 Å². The smallest absolute Gasteiger partial charge is 0.338 e. The Bertz CT molecular complexity index is 317. The van der Waals surface area contributed by atoms with Crippen LogP contribution in [-0.2, 0) is 18.7 Å². The van der Waals surface area contributed by atoms with Gasteiger partial charge in [-0.2, -0.15) is 0 Å². The van der Waals surface area contributed by atoms with Crippen LogP contribution in [-0.4, -0.2) is 32.8 Å². The first-order valence-electron chi connectivity index (χ1n) is 6.49. The molecule has 5 heteroatoms. The molecule has 0 aromatic heterocycles. The Hall–Kier alpha value is -0.393. The summed E-state index contributed by atoms with van der Waals surface area (Å²) in [4.78, 5) is 11.6. The van der Waals surface area contributed by atoms with Gasteiger partial charge in [-0.1, -0.05) is 20.8 Å². The van der Waals surface area contributed by atoms with E-state index in [0.29, 0.717) is 13.0 Å². The summed E-state index contributed by atoms with van der Waals surface area (Å²) in [5.74, 6) is -1.07. The lowest BCUT2D eigenvalue weighted by Crippen LogP contribution is -2.41. The topological polar surface area (TPSA) is 44.8 Å². The lowest BCUT2D eigenvalue weighted by atomic mass is 10.2. The van der Waals surface area contributed by atoms with E-state index in [-0.39, 0.29) is 11.0 Å². The minimum absolute atomic E-state index is 0.184. The zero-order chi connectivity index (χ0) is 14.2. The summed E-state index contributed by atoms with van der Waals surface area (Å²) in [6.45, 7) is 15.0. The first-order chi connectivity index (χ1) is 7.95. The predicted octanol–water partition coefficient (Wildman–Crippen LogP) is 3.08. The van der Waals surface area contributed by atoms with Crippen molar-refractivity contribution in [3.8, 4) is 0 Å². The number of hydrogen-bond acceptors (Lipinski definition) is 4. The van der Waals surface area contributed by atoms with Crippen LogP contribution in [0.15, 0.2) is 0 Å². The summed E-state index contributed by atoms with van der Waals surface area (Å²) < 4.78 is 16.7. The SMILES string of the molecule is CC1(C)OC(=O)[C@H](CCO[Si](C)(C)C(C)(C)C)O1. The Balaban J connectivity index is 2.42. The Morgan fingerprint density at radius 2 is 1.89 bits per heavy atom. The number of carbonyl (C=O) groups is 1. The number of cyclic esters (lactones) is 1. The summed E-state index contributed by atoms with van der Waals surface area (Å²) in [6.07, 6.45) is 0.0826. The number of rotatable bonds is 4. The molecular weight excluding hydrogens is 248 g/mol. The van der Waals surface area contributed by atoms with Crippen LogP contribution in [0.3, 0.4) is 0 Å². The molecule has 0 radical (unpaired) electrons. The molecule has 0 spiro atoms. The molecule has 1 heterocycles. The molecule has 0 unspecified atom stereocenters. The molecule has 18 heavy (non-hydrogen) atoms. The molecule has 106 valence electrons. The third-order valence-electron chi connectivity index (χ3n) is 3.68. The summed E-state index contributed by atoms with van der Waals surface area (Å²) in [5, 5.41) is 0.184. The molecule has 0 N–H and O–H groups in total. The van der Waals surface area contributed by atoms with Gasteiger partial charge in [-0.05, 0) is 18.1 Å². The van der Waals surface area contributed by atoms with E-state index in [1.807, 2.05) is 0 Å². The molecule has 1 aliphatic rings. The third-order valence-corrected chi connectivity index (χ3v) is 8.22. The van der Waals surface area contributed by atoms with E-state index in [9.17, 15) is 4.79 Å². The van der Waals surface area contributed by atoms with Gasteiger partial charge < -0.3 is 13.9 Å². The quantitative estimate of drug-likeness (QED) is 0.584. The van der Waals surface area contributed by atoms with Crippen molar-refractivity contribution < 1.29 is 18.7 Å². The minimum Gasteiger partial charge on any atom is -0.432 e. The average Bonchev–Trinajstić information content (AvgIpc) is 2.37. The number of hydrogen-bond donors (Lipinski definition) is 0. The van der Waals surface area contributed by atoms with Gasteiger partial charge in [0.25, 0.3) is 0 Å². The van der Waals surface area contributed by atoms with Gasteiger partial charge in [-0.3, -0.25) is 0 Å². The van der Waals surface area contributed by atoms with Gasteiger partial charge in [0.15, 0.2) is 14.4 Å². The van der Waals surface area contributed by atoms with E-state index >= 15 is 0 Å². The van der Waals surface area contributed by atoms with Crippen LogP contribution in [0.1, 0.15) is 41.0 Å². The van der Waals surface area contributed by atoms with Gasteiger partial charge in [0.2, 0.25) is 5.79 Å². The second-order valence-corrected chi connectivity index (χ2v) is 11.6. The summed E-state index contributed by atoms with van der Waals surface area (Å²) in [6, 6.07) is 0. The van der Waals surface area contributed by atoms with Crippen LogP contribution in [0.25, 0.3) is 0 Å². The van der Waals surface area contributed by atoms with Crippen molar-refractivity contribution in [1.29, 1.82) is 0 Å². The van der Waals surface area contributed by atoms with E-state index in [2.05, 4.69) is 33.9 Å². The standard InChI is InChI=1S/C13H26O4Si/c1-12(2,3)18(6,7)15-9-8-10-11(14)17-13(4,5)16-10/h10H,8-9H2,1-7H3/t10-/m0/s1. The van der Waals surface area contributed by atoms with Gasteiger partial charge in [0.05, 0.1) is 0 Å². The number of carbonyl (C=O) groups excluding carboxylic acids is 1. The molecule has 0 bridgehead atoms. The molecule has 0 saturated carbocycles. The van der Waals surface area contributed by atoms with E-state index in [1.54, 1.807) is 13.8 Å². The predicted molar refractivity (Wildman–Crippen MR) is 72.8 cm³/mol. The molecule has 0 aromatic carbocycles. The molecule has 0 aromatic rings. The van der Waals surface area contributed by atoms with Crippen LogP contribution >= 0.6 is 0 Å². The summed E-state index contributed by atoms with van der Waals surface area (Å²) in [5.41, 5.74) is 0. The highest BCUT2D eigenvalue weighted by atomic mass is 28.4. The van der Waals surface area contributed by atoms with Crippen molar-refractivity contribution in [1.82, 2.24) is 0 Å². The van der Waals surface area contributed by atoms with Crippen LogP contribution in [0.4, 0.5) is 0 Å². The molecule has 1 atom stereocenters. The molecule has 1 aliphatic heterocycles. The zero-order valence-electron chi connectivity index (χ0n) is 12.6. The molecule has 0 aliphatic carbocycles. The Morgan fingerprint density at radius 3 is 2.28 bits per heavy atom. The fraction of sp³-hybridized carbons (Fsp3) is 0.923. The van der Waals surface area contributed by atoms with Crippen LogP contribution in [0, 0.1) is 0 Å². The maximum Gasteiger partial charge on any atom is 0.338 e. The van der Waals surface area contributed by atoms with Crippen molar-refractivity contribution in [2.45, 2.75) is 71.1 Å². The average molecular weight is 274 g/mol. The Labute approximate surface area is 111 Å². The molecule has 1 rings (SSSR count). The largest absolute Gasteiger partial charge is 0.432 e. The first-order valence-corrected chi connectivity index (χ1v) is 9.40. The fourth-order valence-electron chi connectivity index (χ4n) is 1.54. The Morgan fingerprint density at radius 1 is 1.33 bits per heavy atom. The zero-order valence-corrected chi connectivity index (χ0v) is 13.6. The van der Waals surface area contributed by atoms with Crippen molar-refractivity contribution in [2.75, 3.05) is 6.61 Å².